The van der Waals surface area contributed by atoms with Crippen LogP contribution in [0.2, 0.25) is 0 Å². The predicted octanol–water partition coefficient (Wildman–Crippen LogP) is 2.78. The number of rotatable bonds is 10. The Balaban J connectivity index is 2.57. The van der Waals surface area contributed by atoms with Crippen LogP contribution in [0.1, 0.15) is 18.9 Å². The zero-order valence-electron chi connectivity index (χ0n) is 12.7. The first-order valence-corrected chi connectivity index (χ1v) is 6.81. The average Bonchev–Trinajstić information content (AvgIpc) is 2.43. The van der Waals surface area contributed by atoms with Crippen LogP contribution < -0.4 is 14.8 Å². The largest absolute Gasteiger partial charge is 0.493 e. The van der Waals surface area contributed by atoms with Gasteiger partial charge in [-0.3, -0.25) is 0 Å². The highest BCUT2D eigenvalue weighted by molar-refractivity contribution is 5.43. The van der Waals surface area contributed by atoms with Crippen molar-refractivity contribution in [1.29, 1.82) is 0 Å². The molecule has 0 aliphatic carbocycles. The number of benzene rings is 1. The molecule has 0 saturated carbocycles. The highest BCUT2D eigenvalue weighted by Crippen LogP contribution is 2.28. The third-order valence-corrected chi connectivity index (χ3v) is 2.83. The summed E-state index contributed by atoms with van der Waals surface area (Å²) in [5, 5.41) is 3.31. The minimum atomic E-state index is 0.617. The molecule has 112 valence electrons. The lowest BCUT2D eigenvalue weighted by molar-refractivity contribution is 0.199. The third-order valence-electron chi connectivity index (χ3n) is 2.83. The molecule has 0 unspecified atom stereocenters. The third kappa shape index (κ3) is 6.08. The average molecular weight is 279 g/mol. The smallest absolute Gasteiger partial charge is 0.161 e. The summed E-state index contributed by atoms with van der Waals surface area (Å²) < 4.78 is 16.1. The van der Waals surface area contributed by atoms with Crippen molar-refractivity contribution in [2.24, 2.45) is 0 Å². The van der Waals surface area contributed by atoms with E-state index in [2.05, 4.69) is 11.9 Å². The van der Waals surface area contributed by atoms with E-state index in [9.17, 15) is 0 Å². The molecule has 1 rings (SSSR count). The Morgan fingerprint density at radius 1 is 1.20 bits per heavy atom. The minimum Gasteiger partial charge on any atom is -0.493 e. The van der Waals surface area contributed by atoms with Crippen LogP contribution in [0.3, 0.4) is 0 Å². The first-order chi connectivity index (χ1) is 9.67. The zero-order chi connectivity index (χ0) is 14.8. The molecule has 0 atom stereocenters. The monoisotopic (exact) mass is 279 g/mol. The van der Waals surface area contributed by atoms with Gasteiger partial charge in [-0.15, -0.1) is 6.58 Å². The van der Waals surface area contributed by atoms with Crippen LogP contribution in [0.4, 0.5) is 0 Å². The predicted molar refractivity (Wildman–Crippen MR) is 81.5 cm³/mol. The Morgan fingerprint density at radius 2 is 2.00 bits per heavy atom. The summed E-state index contributed by atoms with van der Waals surface area (Å²) in [6, 6.07) is 5.98. The molecule has 0 aliphatic rings. The highest BCUT2D eigenvalue weighted by Gasteiger charge is 2.06. The van der Waals surface area contributed by atoms with Gasteiger partial charge in [-0.05, 0) is 24.6 Å². The molecule has 20 heavy (non-hydrogen) atoms. The van der Waals surface area contributed by atoms with Crippen molar-refractivity contribution < 1.29 is 14.2 Å². The van der Waals surface area contributed by atoms with Crippen molar-refractivity contribution >= 4 is 0 Å². The Hall–Kier alpha value is -1.52. The molecule has 1 aromatic rings. The van der Waals surface area contributed by atoms with Crippen LogP contribution in [0.25, 0.3) is 0 Å². The molecule has 0 heterocycles. The Bertz CT molecular complexity index is 418. The number of methoxy groups -OCH3 is 2. The van der Waals surface area contributed by atoms with Crippen molar-refractivity contribution in [3.8, 4) is 11.5 Å². The minimum absolute atomic E-state index is 0.617. The fraction of sp³-hybridized carbons (Fsp3) is 0.500. The van der Waals surface area contributed by atoms with Gasteiger partial charge in [-0.1, -0.05) is 11.6 Å². The number of hydrogen-bond acceptors (Lipinski definition) is 4. The highest BCUT2D eigenvalue weighted by atomic mass is 16.5. The SMILES string of the molecule is C=C(C)CCOc1cc(CNCCOC)ccc1OC. The van der Waals surface area contributed by atoms with Gasteiger partial charge in [0.2, 0.25) is 0 Å². The van der Waals surface area contributed by atoms with Gasteiger partial charge >= 0.3 is 0 Å². The Labute approximate surface area is 121 Å². The molecule has 1 N–H and O–H groups in total. The van der Waals surface area contributed by atoms with E-state index in [1.165, 1.54) is 0 Å². The van der Waals surface area contributed by atoms with Crippen LogP contribution in [0, 0.1) is 0 Å². The van der Waals surface area contributed by atoms with Gasteiger partial charge in [0.15, 0.2) is 11.5 Å². The van der Waals surface area contributed by atoms with Crippen LogP contribution >= 0.6 is 0 Å². The molecular weight excluding hydrogens is 254 g/mol. The lowest BCUT2D eigenvalue weighted by Crippen LogP contribution is -2.18. The van der Waals surface area contributed by atoms with Gasteiger partial charge in [0.1, 0.15) is 0 Å². The molecule has 4 nitrogen and oxygen atoms in total. The fourth-order valence-corrected chi connectivity index (χ4v) is 1.69. The Kier molecular flexibility index (Phi) is 7.77. The van der Waals surface area contributed by atoms with E-state index < -0.39 is 0 Å². The topological polar surface area (TPSA) is 39.7 Å². The maximum atomic E-state index is 5.77. The molecular formula is C16H25NO3. The first kappa shape index (κ1) is 16.5. The quantitative estimate of drug-likeness (QED) is 0.528. The standard InChI is InChI=1S/C16H25NO3/c1-13(2)7-9-20-16-11-14(5-6-15(16)19-4)12-17-8-10-18-3/h5-6,11,17H,1,7-10,12H2,2-4H3. The first-order valence-electron chi connectivity index (χ1n) is 6.81. The van der Waals surface area contributed by atoms with E-state index in [1.807, 2.05) is 25.1 Å². The molecule has 0 aliphatic heterocycles. The van der Waals surface area contributed by atoms with Crippen molar-refractivity contribution in [3.05, 3.63) is 35.9 Å². The van der Waals surface area contributed by atoms with E-state index in [0.29, 0.717) is 13.2 Å². The fourth-order valence-electron chi connectivity index (χ4n) is 1.69. The lowest BCUT2D eigenvalue weighted by atomic mass is 10.2. The van der Waals surface area contributed by atoms with Crippen LogP contribution in [-0.2, 0) is 11.3 Å². The number of nitrogens with one attached hydrogen (secondary N) is 1. The van der Waals surface area contributed by atoms with E-state index >= 15 is 0 Å². The van der Waals surface area contributed by atoms with Crippen LogP contribution in [0.15, 0.2) is 30.4 Å². The summed E-state index contributed by atoms with van der Waals surface area (Å²) in [7, 11) is 3.35. The Morgan fingerprint density at radius 3 is 2.65 bits per heavy atom. The molecule has 0 bridgehead atoms. The summed E-state index contributed by atoms with van der Waals surface area (Å²) in [5.41, 5.74) is 2.27. The number of ether oxygens (including phenoxy) is 3. The molecule has 0 saturated heterocycles. The molecule has 0 fully saturated rings. The molecule has 0 radical (unpaired) electrons. The van der Waals surface area contributed by atoms with Gasteiger partial charge < -0.3 is 19.5 Å². The lowest BCUT2D eigenvalue weighted by Gasteiger charge is -2.13. The van der Waals surface area contributed by atoms with Crippen LogP contribution in [0.5, 0.6) is 11.5 Å². The molecule has 1 aromatic carbocycles. The normalized spacial score (nSPS) is 10.3. The summed E-state index contributed by atoms with van der Waals surface area (Å²) in [5.74, 6) is 1.53. The van der Waals surface area contributed by atoms with Gasteiger partial charge in [-0.25, -0.2) is 0 Å². The van der Waals surface area contributed by atoms with Gasteiger partial charge in [0, 0.05) is 26.6 Å². The summed E-state index contributed by atoms with van der Waals surface area (Å²) >= 11 is 0. The van der Waals surface area contributed by atoms with Gasteiger partial charge in [0.25, 0.3) is 0 Å². The summed E-state index contributed by atoms with van der Waals surface area (Å²) in [6.07, 6.45) is 0.847. The van der Waals surface area contributed by atoms with Crippen LogP contribution in [-0.4, -0.2) is 34.0 Å². The summed E-state index contributed by atoms with van der Waals surface area (Å²) in [4.78, 5) is 0. The second kappa shape index (κ2) is 9.39. The van der Waals surface area contributed by atoms with E-state index in [0.717, 1.165) is 42.1 Å². The molecule has 0 amide bonds. The van der Waals surface area contributed by atoms with Crippen molar-refractivity contribution in [2.45, 2.75) is 19.9 Å². The summed E-state index contributed by atoms with van der Waals surface area (Å²) in [6.45, 7) is 8.80. The molecule has 0 aromatic heterocycles. The second-order valence-electron chi connectivity index (χ2n) is 4.71. The maximum absolute atomic E-state index is 5.77. The van der Waals surface area contributed by atoms with Crippen molar-refractivity contribution in [1.82, 2.24) is 5.32 Å². The van der Waals surface area contributed by atoms with Crippen molar-refractivity contribution in [2.75, 3.05) is 34.0 Å². The molecule has 0 spiro atoms. The van der Waals surface area contributed by atoms with Crippen molar-refractivity contribution in [3.63, 3.8) is 0 Å². The number of hydrogen-bond donors (Lipinski definition) is 1. The van der Waals surface area contributed by atoms with Gasteiger partial charge in [0.05, 0.1) is 20.3 Å². The second-order valence-corrected chi connectivity index (χ2v) is 4.71. The molecule has 4 heteroatoms. The van der Waals surface area contributed by atoms with E-state index in [4.69, 9.17) is 14.2 Å². The van der Waals surface area contributed by atoms with E-state index in [1.54, 1.807) is 14.2 Å². The van der Waals surface area contributed by atoms with E-state index in [-0.39, 0.29) is 0 Å². The zero-order valence-corrected chi connectivity index (χ0v) is 12.7. The maximum Gasteiger partial charge on any atom is 0.161 e. The van der Waals surface area contributed by atoms with Gasteiger partial charge in [-0.2, -0.15) is 0 Å².